The van der Waals surface area contributed by atoms with Gasteiger partial charge in [0.15, 0.2) is 0 Å². The lowest BCUT2D eigenvalue weighted by atomic mass is 10.2. The third kappa shape index (κ3) is 9.71. The number of nitrogens with one attached hydrogen (secondary N) is 2. The topological polar surface area (TPSA) is 172 Å². The van der Waals surface area contributed by atoms with E-state index in [2.05, 4.69) is 25.6 Å². The van der Waals surface area contributed by atoms with Crippen molar-refractivity contribution >= 4 is 42.8 Å². The van der Waals surface area contributed by atoms with Gasteiger partial charge in [0.1, 0.15) is 5.69 Å². The molecule has 2 aliphatic rings. The second-order valence-corrected chi connectivity index (χ2v) is 17.0. The second-order valence-electron chi connectivity index (χ2n) is 13.1. The predicted molar refractivity (Wildman–Crippen MR) is 204 cm³/mol. The summed E-state index contributed by atoms with van der Waals surface area (Å²) in [7, 11) is -6.86. The zero-order valence-electron chi connectivity index (χ0n) is 29.8. The molecule has 5 aromatic rings. The third-order valence-electron chi connectivity index (χ3n) is 9.30. The number of carbonyl (C=O) groups excluding carboxylic acids is 2. The van der Waals surface area contributed by atoms with Crippen molar-refractivity contribution in [3.8, 4) is 0 Å². The summed E-state index contributed by atoms with van der Waals surface area (Å²) in [5, 5.41) is 6.49. The van der Waals surface area contributed by atoms with E-state index in [1.54, 1.807) is 100.0 Å². The van der Waals surface area contributed by atoms with Crippen LogP contribution in [0.1, 0.15) is 70.5 Å². The fourth-order valence-electron chi connectivity index (χ4n) is 6.21. The first kappa shape index (κ1) is 38.6. The molecule has 0 radical (unpaired) electrons. The molecule has 2 amide bonds. The van der Waals surface area contributed by atoms with Gasteiger partial charge in [-0.15, -0.1) is 0 Å². The molecule has 0 bridgehead atoms. The molecule has 54 heavy (non-hydrogen) atoms. The summed E-state index contributed by atoms with van der Waals surface area (Å²) < 4.78 is 53.7. The summed E-state index contributed by atoms with van der Waals surface area (Å²) in [4.78, 5) is 37.3. The van der Waals surface area contributed by atoms with Crippen molar-refractivity contribution < 1.29 is 26.4 Å². The van der Waals surface area contributed by atoms with Gasteiger partial charge in [0.05, 0.1) is 20.9 Å². The summed E-state index contributed by atoms with van der Waals surface area (Å²) in [5.74, 6) is -0.494. The Morgan fingerprint density at radius 1 is 0.574 bits per heavy atom. The second kappa shape index (κ2) is 17.8. The first-order chi connectivity index (χ1) is 26.1. The number of hydrogen-bond acceptors (Lipinski definition) is 9. The van der Waals surface area contributed by atoms with Crippen molar-refractivity contribution in [2.75, 3.05) is 26.2 Å². The van der Waals surface area contributed by atoms with Crippen molar-refractivity contribution in [3.63, 3.8) is 0 Å². The van der Waals surface area contributed by atoms with Crippen molar-refractivity contribution in [3.05, 3.63) is 126 Å². The van der Waals surface area contributed by atoms with Gasteiger partial charge < -0.3 is 10.6 Å². The Bertz CT molecular complexity index is 2260. The summed E-state index contributed by atoms with van der Waals surface area (Å²) >= 11 is 0. The Morgan fingerprint density at radius 3 is 1.61 bits per heavy atom. The average molecular weight is 770 g/mol. The van der Waals surface area contributed by atoms with E-state index >= 15 is 0 Å². The van der Waals surface area contributed by atoms with E-state index in [9.17, 15) is 26.4 Å². The molecule has 13 nitrogen and oxygen atoms in total. The highest BCUT2D eigenvalue weighted by molar-refractivity contribution is 7.89. The van der Waals surface area contributed by atoms with E-state index in [-0.39, 0.29) is 11.8 Å². The molecule has 0 aliphatic carbocycles. The van der Waals surface area contributed by atoms with E-state index in [4.69, 9.17) is 0 Å². The van der Waals surface area contributed by atoms with Crippen molar-refractivity contribution in [2.45, 2.75) is 61.4 Å². The van der Waals surface area contributed by atoms with Gasteiger partial charge in [0, 0.05) is 69.4 Å². The molecule has 282 valence electrons. The molecule has 2 saturated heterocycles. The lowest BCUT2D eigenvalue weighted by Crippen LogP contribution is -2.35. The maximum absolute atomic E-state index is 12.7. The van der Waals surface area contributed by atoms with Crippen LogP contribution in [0.25, 0.3) is 10.9 Å². The molecule has 0 unspecified atom stereocenters. The lowest BCUT2D eigenvalue weighted by Gasteiger charge is -2.25. The molecule has 0 atom stereocenters. The van der Waals surface area contributed by atoms with Gasteiger partial charge in [0.25, 0.3) is 11.8 Å². The van der Waals surface area contributed by atoms with Crippen LogP contribution in [0.3, 0.4) is 0 Å². The van der Waals surface area contributed by atoms with Crippen LogP contribution < -0.4 is 10.6 Å². The summed E-state index contributed by atoms with van der Waals surface area (Å²) in [5.41, 5.74) is 3.19. The Kier molecular flexibility index (Phi) is 12.7. The van der Waals surface area contributed by atoms with Crippen molar-refractivity contribution in [2.24, 2.45) is 0 Å². The fraction of sp³-hybridized carbons (Fsp3) is 0.308. The molecule has 2 N–H and O–H groups in total. The van der Waals surface area contributed by atoms with E-state index < -0.39 is 20.0 Å². The monoisotopic (exact) mass is 769 g/mol. The molecule has 7 rings (SSSR count). The smallest absolute Gasteiger partial charge is 0.270 e. The Hall–Kier alpha value is -5.09. The van der Waals surface area contributed by atoms with Crippen LogP contribution in [0.4, 0.5) is 0 Å². The number of carbonyl (C=O) groups is 2. The van der Waals surface area contributed by atoms with Crippen LogP contribution >= 0.6 is 0 Å². The number of sulfonamides is 2. The van der Waals surface area contributed by atoms with Crippen molar-refractivity contribution in [1.82, 2.24) is 34.2 Å². The van der Waals surface area contributed by atoms with Gasteiger partial charge in [-0.2, -0.15) is 8.61 Å². The molecule has 2 aromatic carbocycles. The van der Waals surface area contributed by atoms with Crippen LogP contribution in [-0.4, -0.2) is 78.4 Å². The number of pyridine rings is 3. The number of rotatable bonds is 10. The largest absolute Gasteiger partial charge is 0.348 e. The summed E-state index contributed by atoms with van der Waals surface area (Å²) in [6.45, 7) is 2.96. The molecule has 2 aliphatic heterocycles. The number of aromatic nitrogens is 3. The van der Waals surface area contributed by atoms with Gasteiger partial charge >= 0.3 is 0 Å². The minimum absolute atomic E-state index is 0.210. The molecule has 2 fully saturated rings. The summed E-state index contributed by atoms with van der Waals surface area (Å²) in [6.07, 6.45) is 12.2. The average Bonchev–Trinajstić information content (AvgIpc) is 3.23. The number of benzene rings is 2. The highest BCUT2D eigenvalue weighted by Gasteiger charge is 2.27. The molecular formula is C39H43N7O6S2. The molecule has 0 saturated carbocycles. The number of amides is 2. The Balaban J connectivity index is 0.000000186. The third-order valence-corrected chi connectivity index (χ3v) is 13.1. The molecule has 5 heterocycles. The highest BCUT2D eigenvalue weighted by atomic mass is 32.2. The molecular weight excluding hydrogens is 727 g/mol. The number of piperidine rings is 2. The SMILES string of the molecule is O=C(NCc1ccc(S(=O)(=O)N2CCCCC2)cc1)c1ccc2cnccc2n1.O=C(NCc1ccc(S(=O)(=O)N2CCCCC2)cc1)c1cccnc1. The van der Waals surface area contributed by atoms with E-state index in [0.29, 0.717) is 65.8 Å². The van der Waals surface area contributed by atoms with E-state index in [1.807, 2.05) is 6.07 Å². The highest BCUT2D eigenvalue weighted by Crippen LogP contribution is 2.22. The number of fused-ring (bicyclic) bond motifs is 1. The first-order valence-electron chi connectivity index (χ1n) is 18.0. The van der Waals surface area contributed by atoms with Crippen LogP contribution in [-0.2, 0) is 33.1 Å². The molecule has 15 heteroatoms. The zero-order chi connectivity index (χ0) is 38.0. The van der Waals surface area contributed by atoms with Gasteiger partial charge in [0.2, 0.25) is 20.0 Å². The standard InChI is InChI=1S/C21H22N4O3S.C18H21N3O3S/c26-21(20-9-6-17-15-22-11-10-19(17)24-20)23-14-16-4-7-18(8-5-16)29(27,28)25-12-2-1-3-13-25;22-18(16-5-4-10-19-14-16)20-13-15-6-8-17(9-7-15)25(23,24)21-11-2-1-3-12-21/h4-11,15H,1-3,12-14H2,(H,23,26);4-10,14H,1-3,11-13H2,(H,20,22). The van der Waals surface area contributed by atoms with Crippen molar-refractivity contribution in [1.29, 1.82) is 0 Å². The van der Waals surface area contributed by atoms with E-state index in [1.165, 1.54) is 6.20 Å². The van der Waals surface area contributed by atoms with Crippen LogP contribution in [0, 0.1) is 0 Å². The fourth-order valence-corrected chi connectivity index (χ4v) is 9.25. The zero-order valence-corrected chi connectivity index (χ0v) is 31.4. The Labute approximate surface area is 316 Å². The lowest BCUT2D eigenvalue weighted by molar-refractivity contribution is 0.0940. The number of nitrogens with zero attached hydrogens (tertiary/aromatic N) is 5. The molecule has 0 spiro atoms. The minimum Gasteiger partial charge on any atom is -0.348 e. The predicted octanol–water partition coefficient (Wildman–Crippen LogP) is 4.92. The van der Waals surface area contributed by atoms with Gasteiger partial charge in [-0.05, 0) is 91.4 Å². The van der Waals surface area contributed by atoms with Crippen LogP contribution in [0.15, 0.2) is 113 Å². The van der Waals surface area contributed by atoms with E-state index in [0.717, 1.165) is 55.0 Å². The normalized spacial score (nSPS) is 15.5. The quantitative estimate of drug-likeness (QED) is 0.200. The summed E-state index contributed by atoms with van der Waals surface area (Å²) in [6, 6.07) is 22.0. The maximum atomic E-state index is 12.7. The Morgan fingerprint density at radius 2 is 1.09 bits per heavy atom. The van der Waals surface area contributed by atoms with Gasteiger partial charge in [-0.1, -0.05) is 37.1 Å². The van der Waals surface area contributed by atoms with Crippen LogP contribution in [0.5, 0.6) is 0 Å². The van der Waals surface area contributed by atoms with Crippen LogP contribution in [0.2, 0.25) is 0 Å². The number of hydrogen-bond donors (Lipinski definition) is 2. The maximum Gasteiger partial charge on any atom is 0.270 e. The minimum atomic E-state index is -3.44. The first-order valence-corrected chi connectivity index (χ1v) is 20.8. The molecule has 3 aromatic heterocycles. The van der Waals surface area contributed by atoms with Gasteiger partial charge in [-0.25, -0.2) is 21.8 Å². The van der Waals surface area contributed by atoms with Gasteiger partial charge in [-0.3, -0.25) is 19.6 Å².